The van der Waals surface area contributed by atoms with Gasteiger partial charge in [0.05, 0.1) is 0 Å². The van der Waals surface area contributed by atoms with E-state index in [1.54, 1.807) is 12.4 Å². The highest BCUT2D eigenvalue weighted by molar-refractivity contribution is 5.22. The maximum Gasteiger partial charge on any atom is 0.222 e. The fourth-order valence-electron chi connectivity index (χ4n) is 1.54. The minimum Gasteiger partial charge on any atom is -0.353 e. The van der Waals surface area contributed by atoms with E-state index in [4.69, 9.17) is 0 Å². The number of rotatable bonds is 3. The number of hydrogen-bond donors (Lipinski definition) is 2. The number of aromatic nitrogens is 2. The van der Waals surface area contributed by atoms with Crippen LogP contribution in [0.2, 0.25) is 0 Å². The van der Waals surface area contributed by atoms with Crippen molar-refractivity contribution in [2.75, 3.05) is 18.4 Å². The highest BCUT2D eigenvalue weighted by Gasteiger charge is 2.13. The summed E-state index contributed by atoms with van der Waals surface area (Å²) in [7, 11) is 0. The third-order valence-electron chi connectivity index (χ3n) is 2.23. The van der Waals surface area contributed by atoms with Crippen molar-refractivity contribution in [1.29, 1.82) is 0 Å². The van der Waals surface area contributed by atoms with E-state index in [1.807, 2.05) is 6.07 Å². The SMILES string of the molecule is c1cnc(NC[C@@H]2CCCN2)nc1. The fourth-order valence-corrected chi connectivity index (χ4v) is 1.54. The molecule has 1 saturated heterocycles. The van der Waals surface area contributed by atoms with Gasteiger partial charge in [-0.1, -0.05) is 0 Å². The molecule has 4 nitrogen and oxygen atoms in total. The molecule has 1 aromatic rings. The summed E-state index contributed by atoms with van der Waals surface area (Å²) in [6, 6.07) is 2.41. The van der Waals surface area contributed by atoms with Crippen LogP contribution in [0, 0.1) is 0 Å². The summed E-state index contributed by atoms with van der Waals surface area (Å²) >= 11 is 0. The minimum atomic E-state index is 0.587. The Morgan fingerprint density at radius 3 is 3.00 bits per heavy atom. The van der Waals surface area contributed by atoms with Crippen LogP contribution >= 0.6 is 0 Å². The van der Waals surface area contributed by atoms with Gasteiger partial charge in [0.2, 0.25) is 5.95 Å². The summed E-state index contributed by atoms with van der Waals surface area (Å²) in [5, 5.41) is 6.61. The Hall–Kier alpha value is -1.16. The largest absolute Gasteiger partial charge is 0.353 e. The topological polar surface area (TPSA) is 49.8 Å². The molecule has 0 aromatic carbocycles. The second-order valence-corrected chi connectivity index (χ2v) is 3.25. The van der Waals surface area contributed by atoms with Gasteiger partial charge in [-0.2, -0.15) is 0 Å². The molecular weight excluding hydrogens is 164 g/mol. The smallest absolute Gasteiger partial charge is 0.222 e. The fraction of sp³-hybridized carbons (Fsp3) is 0.556. The quantitative estimate of drug-likeness (QED) is 0.713. The monoisotopic (exact) mass is 178 g/mol. The molecule has 13 heavy (non-hydrogen) atoms. The van der Waals surface area contributed by atoms with Crippen molar-refractivity contribution in [2.24, 2.45) is 0 Å². The zero-order valence-corrected chi connectivity index (χ0v) is 7.53. The van der Waals surface area contributed by atoms with Crippen molar-refractivity contribution in [1.82, 2.24) is 15.3 Å². The van der Waals surface area contributed by atoms with E-state index in [-0.39, 0.29) is 0 Å². The van der Waals surface area contributed by atoms with Crippen LogP contribution in [0.3, 0.4) is 0 Å². The van der Waals surface area contributed by atoms with Gasteiger partial charge in [-0.05, 0) is 25.5 Å². The molecule has 1 aliphatic heterocycles. The Morgan fingerprint density at radius 2 is 2.31 bits per heavy atom. The standard InChI is InChI=1S/C9H14N4/c1-3-8(10-4-1)7-13-9-11-5-2-6-12-9/h2,5-6,8,10H,1,3-4,7H2,(H,11,12,13)/t8-/m0/s1. The van der Waals surface area contributed by atoms with E-state index in [1.165, 1.54) is 12.8 Å². The van der Waals surface area contributed by atoms with Gasteiger partial charge in [0.15, 0.2) is 0 Å². The van der Waals surface area contributed by atoms with Gasteiger partial charge in [0.1, 0.15) is 0 Å². The van der Waals surface area contributed by atoms with Crippen LogP contribution in [0.1, 0.15) is 12.8 Å². The van der Waals surface area contributed by atoms with E-state index in [0.717, 1.165) is 19.0 Å². The van der Waals surface area contributed by atoms with Crippen molar-refractivity contribution in [3.63, 3.8) is 0 Å². The molecule has 1 fully saturated rings. The van der Waals surface area contributed by atoms with Crippen LogP contribution in [-0.2, 0) is 0 Å². The lowest BCUT2D eigenvalue weighted by Gasteiger charge is -2.10. The molecular formula is C9H14N4. The zero-order chi connectivity index (χ0) is 8.93. The molecule has 0 spiro atoms. The van der Waals surface area contributed by atoms with Gasteiger partial charge in [0.25, 0.3) is 0 Å². The summed E-state index contributed by atoms with van der Waals surface area (Å²) in [5.41, 5.74) is 0. The first-order valence-corrected chi connectivity index (χ1v) is 4.69. The van der Waals surface area contributed by atoms with E-state index >= 15 is 0 Å². The second kappa shape index (κ2) is 4.18. The van der Waals surface area contributed by atoms with E-state index in [0.29, 0.717) is 6.04 Å². The summed E-state index contributed by atoms with van der Waals surface area (Å²) < 4.78 is 0. The van der Waals surface area contributed by atoms with Crippen molar-refractivity contribution in [3.8, 4) is 0 Å². The highest BCUT2D eigenvalue weighted by atomic mass is 15.1. The maximum atomic E-state index is 4.09. The van der Waals surface area contributed by atoms with Gasteiger partial charge >= 0.3 is 0 Å². The van der Waals surface area contributed by atoms with Gasteiger partial charge in [-0.25, -0.2) is 9.97 Å². The molecule has 2 N–H and O–H groups in total. The lowest BCUT2D eigenvalue weighted by molar-refractivity contribution is 0.631. The predicted molar refractivity (Wildman–Crippen MR) is 51.5 cm³/mol. The molecule has 4 heteroatoms. The molecule has 0 amide bonds. The van der Waals surface area contributed by atoms with Gasteiger partial charge < -0.3 is 10.6 Å². The average molecular weight is 178 g/mol. The predicted octanol–water partition coefficient (Wildman–Crippen LogP) is 0.640. The highest BCUT2D eigenvalue weighted by Crippen LogP contribution is 2.05. The van der Waals surface area contributed by atoms with E-state index in [9.17, 15) is 0 Å². The maximum absolute atomic E-state index is 4.09. The third-order valence-corrected chi connectivity index (χ3v) is 2.23. The van der Waals surface area contributed by atoms with Gasteiger partial charge in [-0.15, -0.1) is 0 Å². The lowest BCUT2D eigenvalue weighted by Crippen LogP contribution is -2.29. The van der Waals surface area contributed by atoms with Crippen LogP contribution < -0.4 is 10.6 Å². The summed E-state index contributed by atoms with van der Waals surface area (Å²) in [6.07, 6.45) is 6.02. The second-order valence-electron chi connectivity index (χ2n) is 3.25. The molecule has 0 bridgehead atoms. The normalized spacial score (nSPS) is 21.7. The number of anilines is 1. The first-order chi connectivity index (χ1) is 6.45. The summed E-state index contributed by atoms with van der Waals surface area (Å²) in [6.45, 7) is 2.06. The molecule has 0 saturated carbocycles. The molecule has 1 aromatic heterocycles. The molecule has 1 aliphatic rings. The van der Waals surface area contributed by atoms with Crippen molar-refractivity contribution in [2.45, 2.75) is 18.9 Å². The number of hydrogen-bond acceptors (Lipinski definition) is 4. The van der Waals surface area contributed by atoms with Crippen LogP contribution in [0.4, 0.5) is 5.95 Å². The van der Waals surface area contributed by atoms with Crippen molar-refractivity contribution in [3.05, 3.63) is 18.5 Å². The number of nitrogens with zero attached hydrogens (tertiary/aromatic N) is 2. The van der Waals surface area contributed by atoms with Crippen molar-refractivity contribution >= 4 is 5.95 Å². The van der Waals surface area contributed by atoms with Crippen LogP contribution in [0.15, 0.2) is 18.5 Å². The molecule has 70 valence electrons. The zero-order valence-electron chi connectivity index (χ0n) is 7.53. The minimum absolute atomic E-state index is 0.587. The average Bonchev–Trinajstić information content (AvgIpc) is 2.69. The molecule has 1 atom stereocenters. The molecule has 0 unspecified atom stereocenters. The number of nitrogens with one attached hydrogen (secondary N) is 2. The molecule has 2 rings (SSSR count). The van der Waals surface area contributed by atoms with Crippen molar-refractivity contribution < 1.29 is 0 Å². The first kappa shape index (κ1) is 8.44. The van der Waals surface area contributed by atoms with Crippen LogP contribution in [0.5, 0.6) is 0 Å². The Balaban J connectivity index is 1.79. The van der Waals surface area contributed by atoms with Crippen LogP contribution in [0.25, 0.3) is 0 Å². The Labute approximate surface area is 77.8 Å². The molecule has 0 radical (unpaired) electrons. The van der Waals surface area contributed by atoms with E-state index < -0.39 is 0 Å². The Kier molecular flexibility index (Phi) is 2.72. The van der Waals surface area contributed by atoms with E-state index in [2.05, 4.69) is 20.6 Å². The third kappa shape index (κ3) is 2.39. The van der Waals surface area contributed by atoms with Gasteiger partial charge in [-0.3, -0.25) is 0 Å². The van der Waals surface area contributed by atoms with Crippen LogP contribution in [-0.4, -0.2) is 29.1 Å². The molecule has 0 aliphatic carbocycles. The Bertz CT molecular complexity index is 243. The summed E-state index contributed by atoms with van der Waals surface area (Å²) in [4.78, 5) is 8.18. The van der Waals surface area contributed by atoms with Gasteiger partial charge in [0, 0.05) is 25.0 Å². The molecule has 2 heterocycles. The Morgan fingerprint density at radius 1 is 1.46 bits per heavy atom. The lowest BCUT2D eigenvalue weighted by atomic mass is 10.2. The first-order valence-electron chi connectivity index (χ1n) is 4.69. The summed E-state index contributed by atoms with van der Waals surface area (Å²) in [5.74, 6) is 0.719.